The van der Waals surface area contributed by atoms with Crippen LogP contribution in [0.5, 0.6) is 0 Å². The van der Waals surface area contributed by atoms with E-state index in [1.807, 2.05) is 18.5 Å². The number of hydrogen-bond donors (Lipinski definition) is 1. The summed E-state index contributed by atoms with van der Waals surface area (Å²) in [7, 11) is 0. The Balaban J connectivity index is 1.84. The van der Waals surface area contributed by atoms with Gasteiger partial charge in [-0.1, -0.05) is 38.1 Å². The molecule has 1 N–H and O–H groups in total. The van der Waals surface area contributed by atoms with E-state index >= 15 is 0 Å². The van der Waals surface area contributed by atoms with Gasteiger partial charge in [-0.15, -0.1) is 0 Å². The Morgan fingerprint density at radius 1 is 1.17 bits per heavy atom. The normalized spacial score (nSPS) is 11.9. The minimum Gasteiger partial charge on any atom is -0.367 e. The third-order valence-corrected chi connectivity index (χ3v) is 4.45. The first-order valence-electron chi connectivity index (χ1n) is 9.57. The Morgan fingerprint density at radius 3 is 2.38 bits per heavy atom. The maximum absolute atomic E-state index is 12.3. The molecule has 0 spiro atoms. The van der Waals surface area contributed by atoms with Crippen LogP contribution < -0.4 is 5.32 Å². The van der Waals surface area contributed by atoms with Crippen LogP contribution in [0.4, 0.5) is 13.2 Å². The van der Waals surface area contributed by atoms with E-state index in [4.69, 9.17) is 0 Å². The highest BCUT2D eigenvalue weighted by Crippen LogP contribution is 2.17. The molecule has 160 valence electrons. The molecule has 1 aromatic carbocycles. The number of hydrogen-bond acceptors (Lipinski definition) is 3. The van der Waals surface area contributed by atoms with Gasteiger partial charge >= 0.3 is 6.18 Å². The quantitative estimate of drug-likeness (QED) is 0.676. The van der Waals surface area contributed by atoms with Gasteiger partial charge in [0.15, 0.2) is 0 Å². The van der Waals surface area contributed by atoms with Crippen LogP contribution in [0.2, 0.25) is 0 Å². The fourth-order valence-corrected chi connectivity index (χ4v) is 2.98. The van der Waals surface area contributed by atoms with Gasteiger partial charge in [0.05, 0.1) is 18.7 Å². The van der Waals surface area contributed by atoms with E-state index in [1.165, 1.54) is 0 Å². The molecule has 0 saturated heterocycles. The van der Waals surface area contributed by atoms with Crippen molar-refractivity contribution in [1.82, 2.24) is 15.1 Å². The first-order valence-corrected chi connectivity index (χ1v) is 9.57. The van der Waals surface area contributed by atoms with Gasteiger partial charge in [-0.3, -0.25) is 9.48 Å². The highest BCUT2D eigenvalue weighted by atomic mass is 19.4. The number of aryl methyl sites for hydroxylation is 1. The van der Waals surface area contributed by atoms with E-state index < -0.39 is 12.8 Å². The van der Waals surface area contributed by atoms with Crippen LogP contribution in [0.25, 0.3) is 0 Å². The number of alkyl halides is 3. The molecule has 0 radical (unpaired) electrons. The van der Waals surface area contributed by atoms with Gasteiger partial charge in [-0.25, -0.2) is 0 Å². The van der Waals surface area contributed by atoms with Gasteiger partial charge in [-0.05, 0) is 30.9 Å². The summed E-state index contributed by atoms with van der Waals surface area (Å²) < 4.78 is 42.9. The standard InChI is InChI=1S/C21H28F3N3O2/c1-14(2)11-27-16(4)19(15(3)26-27)9-20(28)25-10-17-5-7-18(8-6-17)12-29-13-21(22,23)24/h5-8,14H,9-13H2,1-4H3,(H,25,28). The van der Waals surface area contributed by atoms with Crippen molar-refractivity contribution in [2.75, 3.05) is 6.61 Å². The fraction of sp³-hybridized carbons (Fsp3) is 0.524. The second-order valence-electron chi connectivity index (χ2n) is 7.60. The number of ether oxygens (including phenoxy) is 1. The summed E-state index contributed by atoms with van der Waals surface area (Å²) in [5.74, 6) is 0.370. The van der Waals surface area contributed by atoms with E-state index in [2.05, 4.69) is 29.0 Å². The smallest absolute Gasteiger partial charge is 0.367 e. The van der Waals surface area contributed by atoms with Crippen LogP contribution in [0.1, 0.15) is 41.9 Å². The molecule has 0 saturated carbocycles. The number of amides is 1. The van der Waals surface area contributed by atoms with Crippen molar-refractivity contribution < 1.29 is 22.7 Å². The monoisotopic (exact) mass is 411 g/mol. The summed E-state index contributed by atoms with van der Waals surface area (Å²) in [4.78, 5) is 12.3. The van der Waals surface area contributed by atoms with Crippen LogP contribution in [-0.4, -0.2) is 28.5 Å². The number of carbonyl (C=O) groups is 1. The van der Waals surface area contributed by atoms with E-state index in [9.17, 15) is 18.0 Å². The summed E-state index contributed by atoms with van der Waals surface area (Å²) in [6, 6.07) is 6.93. The van der Waals surface area contributed by atoms with E-state index in [-0.39, 0.29) is 18.9 Å². The lowest BCUT2D eigenvalue weighted by molar-refractivity contribution is -0.176. The predicted octanol–water partition coefficient (Wildman–Crippen LogP) is 4.09. The Hall–Kier alpha value is -2.35. The number of nitrogens with one attached hydrogen (secondary N) is 1. The van der Waals surface area contributed by atoms with Crippen molar-refractivity contribution in [3.63, 3.8) is 0 Å². The summed E-state index contributed by atoms with van der Waals surface area (Å²) in [6.07, 6.45) is -4.06. The second-order valence-corrected chi connectivity index (χ2v) is 7.60. The summed E-state index contributed by atoms with van der Waals surface area (Å²) in [5.41, 5.74) is 4.33. The first kappa shape index (κ1) is 22.9. The van der Waals surface area contributed by atoms with Crippen molar-refractivity contribution in [2.24, 2.45) is 5.92 Å². The predicted molar refractivity (Wildman–Crippen MR) is 104 cm³/mol. The highest BCUT2D eigenvalue weighted by Gasteiger charge is 2.27. The van der Waals surface area contributed by atoms with Gasteiger partial charge in [-0.2, -0.15) is 18.3 Å². The Labute approximate surface area is 169 Å². The molecule has 1 heterocycles. The minimum atomic E-state index is -4.33. The minimum absolute atomic E-state index is 0.0992. The molecule has 0 aliphatic carbocycles. The second kappa shape index (κ2) is 9.91. The number of benzene rings is 1. The SMILES string of the molecule is Cc1nn(CC(C)C)c(C)c1CC(=O)NCc1ccc(COCC(F)(F)F)cc1. The Kier molecular flexibility index (Phi) is 7.84. The van der Waals surface area contributed by atoms with E-state index in [0.29, 0.717) is 18.0 Å². The molecule has 0 aliphatic heterocycles. The Bertz CT molecular complexity index is 812. The van der Waals surface area contributed by atoms with Crippen LogP contribution in [0.15, 0.2) is 24.3 Å². The van der Waals surface area contributed by atoms with Gasteiger partial charge in [0, 0.05) is 24.3 Å². The first-order chi connectivity index (χ1) is 13.5. The lowest BCUT2D eigenvalue weighted by Crippen LogP contribution is -2.25. The molecule has 0 unspecified atom stereocenters. The van der Waals surface area contributed by atoms with Crippen molar-refractivity contribution in [1.29, 1.82) is 0 Å². The largest absolute Gasteiger partial charge is 0.411 e. The Morgan fingerprint density at radius 2 is 1.79 bits per heavy atom. The molecule has 8 heteroatoms. The van der Waals surface area contributed by atoms with Crippen LogP contribution in [-0.2, 0) is 35.6 Å². The van der Waals surface area contributed by atoms with Crippen molar-refractivity contribution in [2.45, 2.75) is 60.0 Å². The fourth-order valence-electron chi connectivity index (χ4n) is 2.98. The zero-order valence-corrected chi connectivity index (χ0v) is 17.3. The molecule has 0 atom stereocenters. The zero-order valence-electron chi connectivity index (χ0n) is 17.3. The number of rotatable bonds is 9. The zero-order chi connectivity index (χ0) is 21.6. The number of halogens is 3. The molecule has 0 fully saturated rings. The highest BCUT2D eigenvalue weighted by molar-refractivity contribution is 5.79. The van der Waals surface area contributed by atoms with Crippen molar-refractivity contribution >= 4 is 5.91 Å². The molecule has 5 nitrogen and oxygen atoms in total. The topological polar surface area (TPSA) is 56.2 Å². The molecular formula is C21H28F3N3O2. The van der Waals surface area contributed by atoms with Gasteiger partial charge in [0.2, 0.25) is 5.91 Å². The van der Waals surface area contributed by atoms with E-state index in [1.54, 1.807) is 24.3 Å². The number of carbonyl (C=O) groups excluding carboxylic acids is 1. The van der Waals surface area contributed by atoms with Crippen LogP contribution in [0, 0.1) is 19.8 Å². The molecule has 0 bridgehead atoms. The van der Waals surface area contributed by atoms with Gasteiger partial charge in [0.25, 0.3) is 0 Å². The third-order valence-electron chi connectivity index (χ3n) is 4.45. The molecule has 2 rings (SSSR count). The van der Waals surface area contributed by atoms with Crippen LogP contribution >= 0.6 is 0 Å². The lowest BCUT2D eigenvalue weighted by Gasteiger charge is -2.09. The number of nitrogens with zero attached hydrogens (tertiary/aromatic N) is 2. The molecule has 1 amide bonds. The summed E-state index contributed by atoms with van der Waals surface area (Å²) in [6.45, 7) is 7.92. The van der Waals surface area contributed by atoms with Crippen LogP contribution in [0.3, 0.4) is 0 Å². The molecular weight excluding hydrogens is 383 g/mol. The average molecular weight is 411 g/mol. The summed E-state index contributed by atoms with van der Waals surface area (Å²) in [5, 5.41) is 7.40. The van der Waals surface area contributed by atoms with Crippen molar-refractivity contribution in [3.05, 3.63) is 52.3 Å². The summed E-state index contributed by atoms with van der Waals surface area (Å²) >= 11 is 0. The maximum Gasteiger partial charge on any atom is 0.411 e. The molecule has 2 aromatic rings. The number of aromatic nitrogens is 2. The average Bonchev–Trinajstić information content (AvgIpc) is 2.87. The lowest BCUT2D eigenvalue weighted by atomic mass is 10.1. The van der Waals surface area contributed by atoms with Gasteiger partial charge in [0.1, 0.15) is 6.61 Å². The third kappa shape index (κ3) is 7.53. The van der Waals surface area contributed by atoms with E-state index in [0.717, 1.165) is 29.1 Å². The van der Waals surface area contributed by atoms with Gasteiger partial charge < -0.3 is 10.1 Å². The molecule has 0 aliphatic rings. The molecule has 29 heavy (non-hydrogen) atoms. The molecule has 1 aromatic heterocycles. The van der Waals surface area contributed by atoms with Crippen molar-refractivity contribution in [3.8, 4) is 0 Å². The maximum atomic E-state index is 12.3.